The molecular formula is C26H28ClN3O2. The number of amides is 1. The SMILES string of the molecule is O=C(NCC1CCCN2CCCC[C@@H]12)c1cn(-c2ccc(Cl)cc2)c(=O)c2ccccc12. The fourth-order valence-electron chi connectivity index (χ4n) is 5.40. The Hall–Kier alpha value is -2.63. The summed E-state index contributed by atoms with van der Waals surface area (Å²) in [5, 5.41) is 5.02. The van der Waals surface area contributed by atoms with Gasteiger partial charge < -0.3 is 10.2 Å². The lowest BCUT2D eigenvalue weighted by Gasteiger charge is -2.44. The Balaban J connectivity index is 1.45. The number of carbonyl (C=O) groups excluding carboxylic acids is 1. The van der Waals surface area contributed by atoms with Crippen LogP contribution >= 0.6 is 11.6 Å². The number of fused-ring (bicyclic) bond motifs is 2. The van der Waals surface area contributed by atoms with E-state index in [1.165, 1.54) is 43.3 Å². The Labute approximate surface area is 193 Å². The number of halogens is 1. The molecule has 1 N–H and O–H groups in total. The van der Waals surface area contributed by atoms with Crippen LogP contribution in [0.25, 0.3) is 16.5 Å². The topological polar surface area (TPSA) is 54.3 Å². The van der Waals surface area contributed by atoms with Crippen LogP contribution in [0.15, 0.2) is 59.5 Å². The smallest absolute Gasteiger partial charge is 0.262 e. The van der Waals surface area contributed by atoms with Crippen LogP contribution in [0.1, 0.15) is 42.5 Å². The summed E-state index contributed by atoms with van der Waals surface area (Å²) < 4.78 is 1.54. The molecule has 2 aromatic carbocycles. The number of nitrogens with zero attached hydrogens (tertiary/aromatic N) is 2. The maximum Gasteiger partial charge on any atom is 0.262 e. The molecule has 0 radical (unpaired) electrons. The average molecular weight is 450 g/mol. The van der Waals surface area contributed by atoms with Crippen LogP contribution in [0.3, 0.4) is 0 Å². The fraction of sp³-hybridized carbons (Fsp3) is 0.385. The summed E-state index contributed by atoms with van der Waals surface area (Å²) in [6.45, 7) is 3.05. The highest BCUT2D eigenvalue weighted by molar-refractivity contribution is 6.30. The van der Waals surface area contributed by atoms with Crippen molar-refractivity contribution in [2.45, 2.75) is 38.1 Å². The summed E-state index contributed by atoms with van der Waals surface area (Å²) in [7, 11) is 0. The Morgan fingerprint density at radius 3 is 2.53 bits per heavy atom. The van der Waals surface area contributed by atoms with E-state index in [0.29, 0.717) is 45.6 Å². The number of hydrogen-bond donors (Lipinski definition) is 1. The molecule has 0 saturated carbocycles. The van der Waals surface area contributed by atoms with Gasteiger partial charge >= 0.3 is 0 Å². The normalized spacial score (nSPS) is 21.3. The number of rotatable bonds is 4. The molecule has 1 unspecified atom stereocenters. The molecule has 1 aromatic heterocycles. The lowest BCUT2D eigenvalue weighted by molar-refractivity contribution is 0.0576. The zero-order chi connectivity index (χ0) is 22.1. The second-order valence-corrected chi connectivity index (χ2v) is 9.39. The van der Waals surface area contributed by atoms with E-state index in [9.17, 15) is 9.59 Å². The average Bonchev–Trinajstić information content (AvgIpc) is 2.83. The molecule has 2 saturated heterocycles. The number of pyridine rings is 1. The second kappa shape index (κ2) is 9.08. The Morgan fingerprint density at radius 1 is 0.969 bits per heavy atom. The van der Waals surface area contributed by atoms with Gasteiger partial charge in [-0.2, -0.15) is 0 Å². The summed E-state index contributed by atoms with van der Waals surface area (Å²) in [5.41, 5.74) is 1.06. The van der Waals surface area contributed by atoms with Crippen LogP contribution in [0.5, 0.6) is 0 Å². The molecule has 3 heterocycles. The highest BCUT2D eigenvalue weighted by atomic mass is 35.5. The molecule has 2 aliphatic heterocycles. The molecule has 5 rings (SSSR count). The molecule has 1 amide bonds. The summed E-state index contributed by atoms with van der Waals surface area (Å²) in [5.74, 6) is 0.360. The van der Waals surface area contributed by atoms with Crippen molar-refractivity contribution in [1.82, 2.24) is 14.8 Å². The van der Waals surface area contributed by atoms with E-state index in [-0.39, 0.29) is 11.5 Å². The monoisotopic (exact) mass is 449 g/mol. The first kappa shape index (κ1) is 21.2. The molecule has 0 aliphatic carbocycles. The molecule has 3 aromatic rings. The fourth-order valence-corrected chi connectivity index (χ4v) is 5.53. The van der Waals surface area contributed by atoms with Gasteiger partial charge in [-0.15, -0.1) is 0 Å². The zero-order valence-electron chi connectivity index (χ0n) is 18.1. The third-order valence-corrected chi connectivity index (χ3v) is 7.28. The number of aromatic nitrogens is 1. The van der Waals surface area contributed by atoms with Crippen LogP contribution in [-0.2, 0) is 0 Å². The van der Waals surface area contributed by atoms with Gasteiger partial charge in [-0.3, -0.25) is 14.2 Å². The van der Waals surface area contributed by atoms with E-state index in [1.54, 1.807) is 36.5 Å². The Kier molecular flexibility index (Phi) is 6.03. The maximum atomic E-state index is 13.3. The zero-order valence-corrected chi connectivity index (χ0v) is 18.9. The Morgan fingerprint density at radius 2 is 1.72 bits per heavy atom. The van der Waals surface area contributed by atoms with Gasteiger partial charge in [0.15, 0.2) is 0 Å². The number of carbonyl (C=O) groups is 1. The minimum atomic E-state index is -0.149. The Bertz CT molecular complexity index is 1190. The summed E-state index contributed by atoms with van der Waals surface area (Å²) in [4.78, 5) is 29.1. The van der Waals surface area contributed by atoms with Crippen LogP contribution < -0.4 is 10.9 Å². The third kappa shape index (κ3) is 4.07. The van der Waals surface area contributed by atoms with Crippen LogP contribution in [0.4, 0.5) is 0 Å². The first-order chi connectivity index (χ1) is 15.6. The van der Waals surface area contributed by atoms with Crippen LogP contribution in [0.2, 0.25) is 5.02 Å². The lowest BCUT2D eigenvalue weighted by atomic mass is 9.83. The van der Waals surface area contributed by atoms with E-state index in [2.05, 4.69) is 10.2 Å². The molecular weight excluding hydrogens is 422 g/mol. The highest BCUT2D eigenvalue weighted by Gasteiger charge is 2.33. The third-order valence-electron chi connectivity index (χ3n) is 7.03. The predicted octanol–water partition coefficient (Wildman–Crippen LogP) is 4.64. The molecule has 2 atom stereocenters. The maximum absolute atomic E-state index is 13.3. The lowest BCUT2D eigenvalue weighted by Crippen LogP contribution is -2.51. The second-order valence-electron chi connectivity index (χ2n) is 8.95. The number of benzene rings is 2. The van der Waals surface area contributed by atoms with E-state index in [1.807, 2.05) is 18.2 Å². The van der Waals surface area contributed by atoms with E-state index < -0.39 is 0 Å². The van der Waals surface area contributed by atoms with Gasteiger partial charge in [0.05, 0.1) is 5.56 Å². The van der Waals surface area contributed by atoms with Gasteiger partial charge in [-0.25, -0.2) is 0 Å². The summed E-state index contributed by atoms with van der Waals surface area (Å²) in [6.07, 6.45) is 7.81. The van der Waals surface area contributed by atoms with Crippen LogP contribution in [0, 0.1) is 5.92 Å². The van der Waals surface area contributed by atoms with E-state index in [4.69, 9.17) is 11.6 Å². The quantitative estimate of drug-likeness (QED) is 0.631. The van der Waals surface area contributed by atoms with Gasteiger partial charge in [0.25, 0.3) is 11.5 Å². The molecule has 2 fully saturated rings. The minimum absolute atomic E-state index is 0.128. The standard InChI is InChI=1S/C26H28ClN3O2/c27-19-10-12-20(13-11-19)30-17-23(21-7-1-2-8-22(21)26(30)32)25(31)28-16-18-6-5-15-29-14-4-3-9-24(18)29/h1-2,7-8,10-13,17-18,24H,3-6,9,14-16H2,(H,28,31)/t18?,24-/m0/s1. The van der Waals surface area contributed by atoms with Crippen molar-refractivity contribution in [3.63, 3.8) is 0 Å². The van der Waals surface area contributed by atoms with Crippen molar-refractivity contribution in [2.24, 2.45) is 5.92 Å². The summed E-state index contributed by atoms with van der Waals surface area (Å²) >= 11 is 6.02. The number of hydrogen-bond acceptors (Lipinski definition) is 3. The molecule has 0 spiro atoms. The van der Waals surface area contributed by atoms with Crippen molar-refractivity contribution in [1.29, 1.82) is 0 Å². The van der Waals surface area contributed by atoms with Crippen molar-refractivity contribution in [3.8, 4) is 5.69 Å². The molecule has 166 valence electrons. The van der Waals surface area contributed by atoms with Gasteiger partial charge in [-0.1, -0.05) is 36.2 Å². The minimum Gasteiger partial charge on any atom is -0.352 e. The first-order valence-electron chi connectivity index (χ1n) is 11.5. The van der Waals surface area contributed by atoms with Crippen molar-refractivity contribution in [2.75, 3.05) is 19.6 Å². The van der Waals surface area contributed by atoms with Gasteiger partial charge in [0.1, 0.15) is 0 Å². The molecule has 32 heavy (non-hydrogen) atoms. The van der Waals surface area contributed by atoms with E-state index >= 15 is 0 Å². The first-order valence-corrected chi connectivity index (χ1v) is 11.9. The summed E-state index contributed by atoms with van der Waals surface area (Å²) in [6, 6.07) is 15.0. The predicted molar refractivity (Wildman–Crippen MR) is 129 cm³/mol. The van der Waals surface area contributed by atoms with Crippen molar-refractivity contribution >= 4 is 28.3 Å². The van der Waals surface area contributed by atoms with E-state index in [0.717, 1.165) is 6.42 Å². The highest BCUT2D eigenvalue weighted by Crippen LogP contribution is 2.30. The van der Waals surface area contributed by atoms with Gasteiger partial charge in [-0.05, 0) is 75.0 Å². The molecule has 2 aliphatic rings. The molecule has 0 bridgehead atoms. The van der Waals surface area contributed by atoms with Gasteiger partial charge in [0, 0.05) is 40.3 Å². The molecule has 6 heteroatoms. The van der Waals surface area contributed by atoms with Crippen LogP contribution in [-0.4, -0.2) is 41.1 Å². The number of nitrogens with one attached hydrogen (secondary N) is 1. The van der Waals surface area contributed by atoms with Crippen molar-refractivity contribution in [3.05, 3.63) is 75.7 Å². The largest absolute Gasteiger partial charge is 0.352 e. The number of piperidine rings is 2. The molecule has 5 nitrogen and oxygen atoms in total. The van der Waals surface area contributed by atoms with Gasteiger partial charge in [0.2, 0.25) is 0 Å². The van der Waals surface area contributed by atoms with Crippen molar-refractivity contribution < 1.29 is 4.79 Å².